The van der Waals surface area contributed by atoms with Crippen LogP contribution in [0.2, 0.25) is 0 Å². The summed E-state index contributed by atoms with van der Waals surface area (Å²) in [6, 6.07) is 5.28. The van der Waals surface area contributed by atoms with Gasteiger partial charge in [0.15, 0.2) is 0 Å². The average Bonchev–Trinajstić information content (AvgIpc) is 2.92. The summed E-state index contributed by atoms with van der Waals surface area (Å²) in [7, 11) is 1.63. The van der Waals surface area contributed by atoms with E-state index in [0.29, 0.717) is 32.0 Å². The highest BCUT2D eigenvalue weighted by Gasteiger charge is 2.20. The van der Waals surface area contributed by atoms with E-state index >= 15 is 0 Å². The second kappa shape index (κ2) is 6.72. The molecule has 2 aromatic heterocycles. The normalized spacial score (nSPS) is 10.8. The Hall–Kier alpha value is -3.00. The molecule has 3 rings (SSSR count). The molecule has 8 heteroatoms. The Bertz CT molecular complexity index is 1100. The lowest BCUT2D eigenvalue weighted by Crippen LogP contribution is -2.17. The predicted octanol–water partition coefficient (Wildman–Crippen LogP) is 2.82. The van der Waals surface area contributed by atoms with Crippen LogP contribution in [0.1, 0.15) is 27.7 Å². The molecule has 0 aliphatic heterocycles. The number of thiophene rings is 1. The molecule has 0 aliphatic rings. The third-order valence-electron chi connectivity index (χ3n) is 4.11. The molecule has 0 saturated carbocycles. The van der Waals surface area contributed by atoms with E-state index in [4.69, 9.17) is 0 Å². The number of hydrogen-bond acceptors (Lipinski definition) is 5. The summed E-state index contributed by atoms with van der Waals surface area (Å²) in [4.78, 5) is 41.6. The highest BCUT2D eigenvalue weighted by molar-refractivity contribution is 7.20. The minimum absolute atomic E-state index is 0.174. The number of nitrogens with zero attached hydrogens (tertiary/aromatic N) is 2. The van der Waals surface area contributed by atoms with Crippen molar-refractivity contribution in [3.05, 3.63) is 50.9 Å². The van der Waals surface area contributed by atoms with Crippen molar-refractivity contribution < 1.29 is 9.59 Å². The molecule has 0 saturated heterocycles. The van der Waals surface area contributed by atoms with Crippen LogP contribution in [0.3, 0.4) is 0 Å². The largest absolute Gasteiger partial charge is 0.326 e. The number of nitrogens with one attached hydrogen (secondary N) is 2. The molecular weight excluding hydrogens is 352 g/mol. The Balaban J connectivity index is 1.98. The van der Waals surface area contributed by atoms with Crippen molar-refractivity contribution in [2.24, 2.45) is 7.05 Å². The maximum atomic E-state index is 12.8. The quantitative estimate of drug-likeness (QED) is 0.741. The van der Waals surface area contributed by atoms with Gasteiger partial charge in [-0.05, 0) is 37.1 Å². The Labute approximate surface area is 153 Å². The molecule has 2 N–H and O–H groups in total. The third-order valence-corrected chi connectivity index (χ3v) is 5.31. The molecule has 1 aromatic carbocycles. The molecule has 0 radical (unpaired) electrons. The first-order chi connectivity index (χ1) is 12.3. The van der Waals surface area contributed by atoms with Gasteiger partial charge < -0.3 is 15.2 Å². The van der Waals surface area contributed by atoms with Gasteiger partial charge in [-0.3, -0.25) is 14.4 Å². The van der Waals surface area contributed by atoms with E-state index in [9.17, 15) is 14.4 Å². The highest BCUT2D eigenvalue weighted by atomic mass is 32.1. The second-order valence-corrected chi connectivity index (χ2v) is 7.01. The van der Waals surface area contributed by atoms with Gasteiger partial charge in [0.1, 0.15) is 4.83 Å². The lowest BCUT2D eigenvalue weighted by atomic mass is 10.1. The minimum atomic E-state index is -0.310. The number of carbonyl (C=O) groups is 2. The fourth-order valence-electron chi connectivity index (χ4n) is 2.70. The van der Waals surface area contributed by atoms with E-state index in [1.807, 2.05) is 6.92 Å². The van der Waals surface area contributed by atoms with Crippen molar-refractivity contribution in [2.75, 3.05) is 10.6 Å². The molecule has 0 spiro atoms. The van der Waals surface area contributed by atoms with Crippen molar-refractivity contribution in [1.29, 1.82) is 0 Å². The zero-order chi connectivity index (χ0) is 19.0. The third kappa shape index (κ3) is 3.11. The maximum Gasteiger partial charge on any atom is 0.266 e. The van der Waals surface area contributed by atoms with Crippen LogP contribution < -0.4 is 16.2 Å². The van der Waals surface area contributed by atoms with Gasteiger partial charge in [-0.2, -0.15) is 0 Å². The molecule has 0 unspecified atom stereocenters. The number of aryl methyl sites for hydroxylation is 2. The molecule has 134 valence electrons. The fraction of sp³-hybridized carbons (Fsp3) is 0.222. The van der Waals surface area contributed by atoms with Crippen molar-refractivity contribution in [1.82, 2.24) is 9.55 Å². The first kappa shape index (κ1) is 17.8. The van der Waals surface area contributed by atoms with Gasteiger partial charge in [0.25, 0.3) is 11.5 Å². The number of hydrogen-bond donors (Lipinski definition) is 2. The van der Waals surface area contributed by atoms with Crippen molar-refractivity contribution >= 4 is 44.7 Å². The van der Waals surface area contributed by atoms with Crippen LogP contribution in [0.25, 0.3) is 10.2 Å². The van der Waals surface area contributed by atoms with Crippen LogP contribution >= 0.6 is 11.3 Å². The molecule has 0 atom stereocenters. The molecule has 7 nitrogen and oxygen atoms in total. The number of carbonyl (C=O) groups excluding carboxylic acids is 2. The van der Waals surface area contributed by atoms with Crippen LogP contribution in [0.4, 0.5) is 11.4 Å². The lowest BCUT2D eigenvalue weighted by Gasteiger charge is -2.12. The summed E-state index contributed by atoms with van der Waals surface area (Å²) in [5, 5.41) is 6.06. The summed E-state index contributed by atoms with van der Waals surface area (Å²) in [6.45, 7) is 4.99. The Morgan fingerprint density at radius 1 is 1.12 bits per heavy atom. The van der Waals surface area contributed by atoms with Gasteiger partial charge in [0.2, 0.25) is 5.91 Å². The number of fused-ring (bicyclic) bond motifs is 1. The van der Waals surface area contributed by atoms with Crippen LogP contribution in [-0.2, 0) is 11.8 Å². The Morgan fingerprint density at radius 2 is 1.77 bits per heavy atom. The van der Waals surface area contributed by atoms with Gasteiger partial charge in [-0.1, -0.05) is 6.07 Å². The molecule has 0 bridgehead atoms. The smallest absolute Gasteiger partial charge is 0.266 e. The monoisotopic (exact) mass is 370 g/mol. The van der Waals surface area contributed by atoms with Crippen LogP contribution in [-0.4, -0.2) is 21.4 Å². The zero-order valence-electron chi connectivity index (χ0n) is 14.8. The molecule has 2 amide bonds. The van der Waals surface area contributed by atoms with Crippen LogP contribution in [0.15, 0.2) is 29.3 Å². The lowest BCUT2D eigenvalue weighted by molar-refractivity contribution is -0.114. The van der Waals surface area contributed by atoms with Crippen molar-refractivity contribution in [2.45, 2.75) is 20.8 Å². The molecule has 3 aromatic rings. The molecule has 2 heterocycles. The molecule has 26 heavy (non-hydrogen) atoms. The summed E-state index contributed by atoms with van der Waals surface area (Å²) >= 11 is 1.19. The van der Waals surface area contributed by atoms with Gasteiger partial charge in [0, 0.05) is 25.3 Å². The van der Waals surface area contributed by atoms with E-state index in [1.54, 1.807) is 32.2 Å². The summed E-state index contributed by atoms with van der Waals surface area (Å²) in [6.07, 6.45) is 1.45. The summed E-state index contributed by atoms with van der Waals surface area (Å²) in [5.74, 6) is -0.491. The predicted molar refractivity (Wildman–Crippen MR) is 103 cm³/mol. The standard InChI is InChI=1S/C18H18N4O3S/c1-9-12(20-11(3)23)6-5-7-13(9)21-16(24)15-10(2)14-17(26-15)19-8-22(4)18(14)25/h5-8H,1-4H3,(H,20,23)(H,21,24). The molecule has 0 aliphatic carbocycles. The van der Waals surface area contributed by atoms with E-state index in [0.717, 1.165) is 5.56 Å². The van der Waals surface area contributed by atoms with Gasteiger partial charge in [-0.25, -0.2) is 4.98 Å². The SMILES string of the molecule is CC(=O)Nc1cccc(NC(=O)c2sc3ncn(C)c(=O)c3c2C)c1C. The first-order valence-electron chi connectivity index (χ1n) is 7.93. The van der Waals surface area contributed by atoms with E-state index < -0.39 is 0 Å². The number of anilines is 2. The van der Waals surface area contributed by atoms with Gasteiger partial charge in [0.05, 0.1) is 16.6 Å². The van der Waals surface area contributed by atoms with Crippen molar-refractivity contribution in [3.63, 3.8) is 0 Å². The average molecular weight is 370 g/mol. The number of rotatable bonds is 3. The maximum absolute atomic E-state index is 12.8. The zero-order valence-corrected chi connectivity index (χ0v) is 15.7. The minimum Gasteiger partial charge on any atom is -0.326 e. The van der Waals surface area contributed by atoms with Crippen LogP contribution in [0, 0.1) is 13.8 Å². The van der Waals surface area contributed by atoms with E-state index in [2.05, 4.69) is 15.6 Å². The Morgan fingerprint density at radius 3 is 2.42 bits per heavy atom. The highest BCUT2D eigenvalue weighted by Crippen LogP contribution is 2.29. The topological polar surface area (TPSA) is 93.1 Å². The number of benzene rings is 1. The summed E-state index contributed by atoms with van der Waals surface area (Å²) in [5.41, 5.74) is 2.43. The van der Waals surface area contributed by atoms with Gasteiger partial charge in [-0.15, -0.1) is 11.3 Å². The molecular formula is C18H18N4O3S. The Kier molecular flexibility index (Phi) is 4.60. The van der Waals surface area contributed by atoms with Gasteiger partial charge >= 0.3 is 0 Å². The number of amides is 2. The second-order valence-electron chi connectivity index (χ2n) is 6.01. The number of aromatic nitrogens is 2. The van der Waals surface area contributed by atoms with Crippen LogP contribution in [0.5, 0.6) is 0 Å². The van der Waals surface area contributed by atoms with E-state index in [-0.39, 0.29) is 17.4 Å². The summed E-state index contributed by atoms with van der Waals surface area (Å²) < 4.78 is 1.39. The van der Waals surface area contributed by atoms with Crippen molar-refractivity contribution in [3.8, 4) is 0 Å². The fourth-order valence-corrected chi connectivity index (χ4v) is 3.74. The van der Waals surface area contributed by atoms with E-state index in [1.165, 1.54) is 29.2 Å². The first-order valence-corrected chi connectivity index (χ1v) is 8.74. The molecule has 0 fully saturated rings.